The van der Waals surface area contributed by atoms with E-state index < -0.39 is 5.54 Å². The van der Waals surface area contributed by atoms with Crippen molar-refractivity contribution in [2.45, 2.75) is 18.4 Å². The number of carbonyl (C=O) groups excluding carboxylic acids is 1. The highest BCUT2D eigenvalue weighted by molar-refractivity contribution is 5.91. The van der Waals surface area contributed by atoms with Crippen LogP contribution in [0.4, 0.5) is 10.5 Å². The highest BCUT2D eigenvalue weighted by Crippen LogP contribution is 2.34. The van der Waals surface area contributed by atoms with Crippen LogP contribution in [0, 0.1) is 0 Å². The van der Waals surface area contributed by atoms with Crippen LogP contribution in [0.3, 0.4) is 0 Å². The number of hydrogen-bond acceptors (Lipinski definition) is 3. The molecule has 2 rings (SSSR count). The summed E-state index contributed by atoms with van der Waals surface area (Å²) in [5.41, 5.74) is 0.202. The number of aliphatic hydroxyl groups is 1. The SMILES string of the molecule is COc1ccccc1NC(=O)NC1(CO)CC1. The molecule has 1 aliphatic rings. The molecule has 0 heterocycles. The van der Waals surface area contributed by atoms with Gasteiger partial charge in [-0.3, -0.25) is 0 Å². The van der Waals surface area contributed by atoms with Crippen LogP contribution < -0.4 is 15.4 Å². The molecule has 0 saturated heterocycles. The molecule has 0 unspecified atom stereocenters. The van der Waals surface area contributed by atoms with Crippen molar-refractivity contribution in [1.29, 1.82) is 0 Å². The third kappa shape index (κ3) is 2.68. The normalized spacial score (nSPS) is 16.1. The number of amides is 2. The molecule has 0 bridgehead atoms. The summed E-state index contributed by atoms with van der Waals surface area (Å²) in [4.78, 5) is 11.7. The molecular formula is C12H16N2O3. The Morgan fingerprint density at radius 1 is 1.47 bits per heavy atom. The fourth-order valence-corrected chi connectivity index (χ4v) is 1.62. The monoisotopic (exact) mass is 236 g/mol. The molecule has 1 aromatic carbocycles. The third-order valence-electron chi connectivity index (χ3n) is 2.89. The second-order valence-electron chi connectivity index (χ2n) is 4.22. The first-order valence-corrected chi connectivity index (χ1v) is 5.52. The number of benzene rings is 1. The van der Waals surface area contributed by atoms with Crippen LogP contribution in [0.25, 0.3) is 0 Å². The average molecular weight is 236 g/mol. The van der Waals surface area contributed by atoms with E-state index in [0.717, 1.165) is 12.8 Å². The van der Waals surface area contributed by atoms with Crippen molar-refractivity contribution in [1.82, 2.24) is 5.32 Å². The molecule has 1 saturated carbocycles. The highest BCUT2D eigenvalue weighted by atomic mass is 16.5. The van der Waals surface area contributed by atoms with Gasteiger partial charge in [0.1, 0.15) is 5.75 Å². The van der Waals surface area contributed by atoms with Gasteiger partial charge in [-0.15, -0.1) is 0 Å². The van der Waals surface area contributed by atoms with E-state index in [2.05, 4.69) is 10.6 Å². The molecule has 1 aromatic rings. The Morgan fingerprint density at radius 2 is 2.18 bits per heavy atom. The summed E-state index contributed by atoms with van der Waals surface area (Å²) < 4.78 is 5.13. The van der Waals surface area contributed by atoms with Crippen molar-refractivity contribution in [3.63, 3.8) is 0 Å². The largest absolute Gasteiger partial charge is 0.495 e. The molecule has 0 radical (unpaired) electrons. The lowest BCUT2D eigenvalue weighted by Gasteiger charge is -2.16. The van der Waals surface area contributed by atoms with Crippen LogP contribution in [0.2, 0.25) is 0 Å². The molecule has 92 valence electrons. The number of para-hydroxylation sites is 2. The van der Waals surface area contributed by atoms with Crippen LogP contribution in [-0.4, -0.2) is 30.4 Å². The lowest BCUT2D eigenvalue weighted by atomic mass is 10.3. The Kier molecular flexibility index (Phi) is 3.19. The van der Waals surface area contributed by atoms with Gasteiger partial charge in [0, 0.05) is 0 Å². The number of rotatable bonds is 4. The van der Waals surface area contributed by atoms with Gasteiger partial charge in [-0.25, -0.2) is 4.79 Å². The fourth-order valence-electron chi connectivity index (χ4n) is 1.62. The molecular weight excluding hydrogens is 220 g/mol. The first kappa shape index (κ1) is 11.7. The van der Waals surface area contributed by atoms with Crippen molar-refractivity contribution in [2.24, 2.45) is 0 Å². The molecule has 0 spiro atoms. The van der Waals surface area contributed by atoms with Crippen molar-refractivity contribution in [3.8, 4) is 5.75 Å². The van der Waals surface area contributed by atoms with E-state index in [1.54, 1.807) is 19.2 Å². The van der Waals surface area contributed by atoms with E-state index in [4.69, 9.17) is 9.84 Å². The number of carbonyl (C=O) groups is 1. The lowest BCUT2D eigenvalue weighted by Crippen LogP contribution is -2.42. The number of hydrogen-bond donors (Lipinski definition) is 3. The minimum atomic E-state index is -0.411. The zero-order valence-electron chi connectivity index (χ0n) is 9.69. The van der Waals surface area contributed by atoms with Gasteiger partial charge in [0.2, 0.25) is 0 Å². The maximum atomic E-state index is 11.7. The van der Waals surface area contributed by atoms with Crippen molar-refractivity contribution in [2.75, 3.05) is 19.0 Å². The summed E-state index contributed by atoms with van der Waals surface area (Å²) in [6.45, 7) is -0.0215. The molecule has 1 fully saturated rings. The molecule has 0 atom stereocenters. The summed E-state index contributed by atoms with van der Waals surface area (Å²) in [7, 11) is 1.55. The van der Waals surface area contributed by atoms with Gasteiger partial charge < -0.3 is 20.5 Å². The van der Waals surface area contributed by atoms with Crippen LogP contribution in [-0.2, 0) is 0 Å². The quantitative estimate of drug-likeness (QED) is 0.738. The van der Waals surface area contributed by atoms with E-state index in [-0.39, 0.29) is 12.6 Å². The number of aliphatic hydroxyl groups excluding tert-OH is 1. The summed E-state index contributed by atoms with van der Waals surface area (Å²) in [5, 5.41) is 14.6. The molecule has 0 aromatic heterocycles. The summed E-state index contributed by atoms with van der Waals surface area (Å²) in [6.07, 6.45) is 1.64. The summed E-state index contributed by atoms with van der Waals surface area (Å²) >= 11 is 0. The minimum absolute atomic E-state index is 0.0215. The fraction of sp³-hybridized carbons (Fsp3) is 0.417. The van der Waals surface area contributed by atoms with E-state index >= 15 is 0 Å². The van der Waals surface area contributed by atoms with Gasteiger partial charge in [-0.05, 0) is 25.0 Å². The number of urea groups is 1. The zero-order chi connectivity index (χ0) is 12.3. The van der Waals surface area contributed by atoms with Crippen molar-refractivity contribution in [3.05, 3.63) is 24.3 Å². The maximum Gasteiger partial charge on any atom is 0.319 e. The highest BCUT2D eigenvalue weighted by Gasteiger charge is 2.43. The molecule has 1 aliphatic carbocycles. The average Bonchev–Trinajstić information content (AvgIpc) is 3.10. The minimum Gasteiger partial charge on any atom is -0.495 e. The Hall–Kier alpha value is -1.75. The smallest absolute Gasteiger partial charge is 0.319 e. The Bertz CT molecular complexity index is 416. The second-order valence-corrected chi connectivity index (χ2v) is 4.22. The molecule has 3 N–H and O–H groups in total. The predicted molar refractivity (Wildman–Crippen MR) is 64.2 cm³/mol. The van der Waals surface area contributed by atoms with Crippen molar-refractivity contribution < 1.29 is 14.6 Å². The van der Waals surface area contributed by atoms with E-state index in [9.17, 15) is 4.79 Å². The van der Waals surface area contributed by atoms with Gasteiger partial charge in [0.25, 0.3) is 0 Å². The van der Waals surface area contributed by atoms with Gasteiger partial charge in [0.05, 0.1) is 24.9 Å². The topological polar surface area (TPSA) is 70.6 Å². The second kappa shape index (κ2) is 4.63. The number of nitrogens with one attached hydrogen (secondary N) is 2. The predicted octanol–water partition coefficient (Wildman–Crippen LogP) is 1.34. The summed E-state index contributed by atoms with van der Waals surface area (Å²) in [5.74, 6) is 0.608. The van der Waals surface area contributed by atoms with Gasteiger partial charge in [-0.1, -0.05) is 12.1 Å². The number of ether oxygens (including phenoxy) is 1. The van der Waals surface area contributed by atoms with Crippen LogP contribution >= 0.6 is 0 Å². The molecule has 5 heteroatoms. The van der Waals surface area contributed by atoms with Crippen molar-refractivity contribution >= 4 is 11.7 Å². The third-order valence-corrected chi connectivity index (χ3v) is 2.89. The van der Waals surface area contributed by atoms with Gasteiger partial charge in [-0.2, -0.15) is 0 Å². The van der Waals surface area contributed by atoms with Crippen LogP contribution in [0.1, 0.15) is 12.8 Å². The van der Waals surface area contributed by atoms with Gasteiger partial charge in [0.15, 0.2) is 0 Å². The Morgan fingerprint density at radius 3 is 2.76 bits per heavy atom. The zero-order valence-corrected chi connectivity index (χ0v) is 9.69. The Labute approximate surface area is 99.8 Å². The van der Waals surface area contributed by atoms with E-state index in [0.29, 0.717) is 11.4 Å². The lowest BCUT2D eigenvalue weighted by molar-refractivity contribution is 0.217. The summed E-state index contributed by atoms with van der Waals surface area (Å²) in [6, 6.07) is 6.86. The van der Waals surface area contributed by atoms with E-state index in [1.165, 1.54) is 0 Å². The molecule has 2 amide bonds. The van der Waals surface area contributed by atoms with Crippen LogP contribution in [0.5, 0.6) is 5.75 Å². The standard InChI is InChI=1S/C12H16N2O3/c1-17-10-5-3-2-4-9(10)13-11(16)14-12(8-15)6-7-12/h2-5,15H,6-8H2,1H3,(H2,13,14,16). The number of methoxy groups -OCH3 is 1. The molecule has 17 heavy (non-hydrogen) atoms. The molecule has 5 nitrogen and oxygen atoms in total. The first-order chi connectivity index (χ1) is 8.19. The van der Waals surface area contributed by atoms with Gasteiger partial charge >= 0.3 is 6.03 Å². The number of anilines is 1. The molecule has 0 aliphatic heterocycles. The van der Waals surface area contributed by atoms with Crippen LogP contribution in [0.15, 0.2) is 24.3 Å². The Balaban J connectivity index is 1.98. The van der Waals surface area contributed by atoms with E-state index in [1.807, 2.05) is 12.1 Å². The first-order valence-electron chi connectivity index (χ1n) is 5.52. The maximum absolute atomic E-state index is 11.7.